The Hall–Kier alpha value is -1.06. The lowest BCUT2D eigenvalue weighted by atomic mass is 10.1. The van der Waals surface area contributed by atoms with E-state index in [2.05, 4.69) is 17.0 Å². The second-order valence-corrected chi connectivity index (χ2v) is 4.45. The molecular weight excluding hydrogens is 200 g/mol. The molecule has 0 radical (unpaired) electrons. The van der Waals surface area contributed by atoms with Gasteiger partial charge in [0.05, 0.1) is 6.10 Å². The average Bonchev–Trinajstić information content (AvgIpc) is 2.17. The lowest BCUT2D eigenvalue weighted by molar-refractivity contribution is 0.241. The van der Waals surface area contributed by atoms with Gasteiger partial charge in [-0.25, -0.2) is 0 Å². The zero-order valence-electron chi connectivity index (χ0n) is 10.6. The molecule has 0 aromatic heterocycles. The highest BCUT2D eigenvalue weighted by Gasteiger charge is 2.12. The van der Waals surface area contributed by atoms with Crippen molar-refractivity contribution in [3.8, 4) is 5.75 Å². The van der Waals surface area contributed by atoms with Crippen molar-refractivity contribution in [3.63, 3.8) is 0 Å². The average molecular weight is 222 g/mol. The van der Waals surface area contributed by atoms with Crippen molar-refractivity contribution in [3.05, 3.63) is 29.8 Å². The molecule has 0 aliphatic rings. The summed E-state index contributed by atoms with van der Waals surface area (Å²) in [6, 6.07) is 8.39. The summed E-state index contributed by atoms with van der Waals surface area (Å²) in [5, 5.41) is 0. The van der Waals surface area contributed by atoms with Gasteiger partial charge in [0.15, 0.2) is 0 Å². The highest BCUT2D eigenvalue weighted by atomic mass is 16.5. The van der Waals surface area contributed by atoms with Crippen LogP contribution in [0.25, 0.3) is 0 Å². The first-order valence-corrected chi connectivity index (χ1v) is 5.67. The Labute approximate surface area is 98.2 Å². The van der Waals surface area contributed by atoms with Gasteiger partial charge in [-0.05, 0) is 45.6 Å². The van der Waals surface area contributed by atoms with Crippen LogP contribution in [0.2, 0.25) is 0 Å². The smallest absolute Gasteiger partial charge is 0.120 e. The number of rotatable bonds is 5. The number of likely N-dealkylation sites (N-methyl/N-ethyl adjacent to an activating group) is 1. The first-order chi connectivity index (χ1) is 7.54. The predicted octanol–water partition coefficient (Wildman–Crippen LogP) is 2.04. The van der Waals surface area contributed by atoms with Gasteiger partial charge >= 0.3 is 0 Å². The number of hydrogen-bond donors (Lipinski definition) is 1. The molecular formula is C13H22N2O. The molecule has 0 saturated heterocycles. The van der Waals surface area contributed by atoms with Crippen LogP contribution in [0, 0.1) is 0 Å². The summed E-state index contributed by atoms with van der Waals surface area (Å²) in [4.78, 5) is 2.12. The maximum atomic E-state index is 5.77. The first-order valence-electron chi connectivity index (χ1n) is 5.67. The van der Waals surface area contributed by atoms with E-state index in [9.17, 15) is 0 Å². The van der Waals surface area contributed by atoms with E-state index in [-0.39, 0.29) is 12.1 Å². The van der Waals surface area contributed by atoms with E-state index >= 15 is 0 Å². The first kappa shape index (κ1) is 13.0. The Morgan fingerprint density at radius 2 is 2.00 bits per heavy atom. The van der Waals surface area contributed by atoms with Gasteiger partial charge in [0.1, 0.15) is 5.75 Å². The van der Waals surface area contributed by atoms with Crippen LogP contribution >= 0.6 is 0 Å². The minimum atomic E-state index is 0.200. The molecule has 1 unspecified atom stereocenters. The Bertz CT molecular complexity index is 323. The third kappa shape index (κ3) is 3.51. The van der Waals surface area contributed by atoms with Gasteiger partial charge in [-0.2, -0.15) is 0 Å². The molecule has 1 atom stereocenters. The minimum absolute atomic E-state index is 0.200. The third-order valence-electron chi connectivity index (χ3n) is 2.46. The summed E-state index contributed by atoms with van der Waals surface area (Å²) >= 11 is 0. The van der Waals surface area contributed by atoms with Crippen LogP contribution in [0.4, 0.5) is 0 Å². The van der Waals surface area contributed by atoms with Crippen molar-refractivity contribution < 1.29 is 4.74 Å². The van der Waals surface area contributed by atoms with E-state index in [1.807, 2.05) is 40.1 Å². The molecule has 0 spiro atoms. The third-order valence-corrected chi connectivity index (χ3v) is 2.46. The van der Waals surface area contributed by atoms with Gasteiger partial charge < -0.3 is 15.4 Å². The Morgan fingerprint density at radius 1 is 1.31 bits per heavy atom. The van der Waals surface area contributed by atoms with E-state index < -0.39 is 0 Å². The molecule has 16 heavy (non-hydrogen) atoms. The lowest BCUT2D eigenvalue weighted by Gasteiger charge is -2.23. The predicted molar refractivity (Wildman–Crippen MR) is 67.7 cm³/mol. The molecule has 0 aliphatic carbocycles. The summed E-state index contributed by atoms with van der Waals surface area (Å²) in [6.45, 7) is 4.66. The fourth-order valence-corrected chi connectivity index (χ4v) is 1.71. The second-order valence-electron chi connectivity index (χ2n) is 4.45. The zero-order chi connectivity index (χ0) is 12.1. The summed E-state index contributed by atoms with van der Waals surface area (Å²) in [5.41, 5.74) is 6.97. The zero-order valence-corrected chi connectivity index (χ0v) is 10.6. The van der Waals surface area contributed by atoms with Gasteiger partial charge in [0, 0.05) is 12.6 Å². The normalized spacial score (nSPS) is 13.2. The Morgan fingerprint density at radius 3 is 2.50 bits per heavy atom. The number of nitrogens with two attached hydrogens (primary N) is 1. The summed E-state index contributed by atoms with van der Waals surface area (Å²) in [5.74, 6) is 0.910. The molecule has 90 valence electrons. The second kappa shape index (κ2) is 5.87. The number of benzene rings is 1. The molecule has 1 aromatic carbocycles. The molecule has 0 bridgehead atoms. The van der Waals surface area contributed by atoms with Crippen LogP contribution in [0.15, 0.2) is 24.3 Å². The SMILES string of the molecule is CC(C)Oc1cccc(C(CN)N(C)C)c1. The Balaban J connectivity index is 2.88. The van der Waals surface area contributed by atoms with E-state index in [1.165, 1.54) is 5.56 Å². The molecule has 0 fully saturated rings. The molecule has 0 aliphatic heterocycles. The van der Waals surface area contributed by atoms with Crippen LogP contribution in [0.1, 0.15) is 25.5 Å². The van der Waals surface area contributed by atoms with Crippen LogP contribution in [0.5, 0.6) is 5.75 Å². The van der Waals surface area contributed by atoms with Gasteiger partial charge in [-0.1, -0.05) is 12.1 Å². The fourth-order valence-electron chi connectivity index (χ4n) is 1.71. The number of nitrogens with zero attached hydrogens (tertiary/aromatic N) is 1. The van der Waals surface area contributed by atoms with Crippen LogP contribution in [-0.4, -0.2) is 31.6 Å². The highest BCUT2D eigenvalue weighted by Crippen LogP contribution is 2.22. The topological polar surface area (TPSA) is 38.5 Å². The van der Waals surface area contributed by atoms with Crippen molar-refractivity contribution in [2.75, 3.05) is 20.6 Å². The molecule has 3 nitrogen and oxygen atoms in total. The molecule has 1 aromatic rings. The molecule has 0 amide bonds. The number of ether oxygens (including phenoxy) is 1. The minimum Gasteiger partial charge on any atom is -0.491 e. The highest BCUT2D eigenvalue weighted by molar-refractivity contribution is 5.31. The maximum absolute atomic E-state index is 5.77. The van der Waals surface area contributed by atoms with E-state index in [4.69, 9.17) is 10.5 Å². The molecule has 0 heterocycles. The van der Waals surface area contributed by atoms with E-state index in [1.54, 1.807) is 0 Å². The summed E-state index contributed by atoms with van der Waals surface area (Å²) in [6.07, 6.45) is 0.200. The molecule has 1 rings (SSSR count). The van der Waals surface area contributed by atoms with Crippen molar-refractivity contribution in [2.45, 2.75) is 26.0 Å². The van der Waals surface area contributed by atoms with Crippen molar-refractivity contribution in [1.82, 2.24) is 4.90 Å². The van der Waals surface area contributed by atoms with E-state index in [0.29, 0.717) is 6.54 Å². The van der Waals surface area contributed by atoms with E-state index in [0.717, 1.165) is 5.75 Å². The standard InChI is InChI=1S/C13H22N2O/c1-10(2)16-12-7-5-6-11(8-12)13(9-14)15(3)4/h5-8,10,13H,9,14H2,1-4H3. The molecule has 3 heteroatoms. The number of hydrogen-bond acceptors (Lipinski definition) is 3. The van der Waals surface area contributed by atoms with Gasteiger partial charge in [0.2, 0.25) is 0 Å². The molecule has 2 N–H and O–H groups in total. The van der Waals surface area contributed by atoms with Gasteiger partial charge in [0.25, 0.3) is 0 Å². The lowest BCUT2D eigenvalue weighted by Crippen LogP contribution is -2.27. The van der Waals surface area contributed by atoms with Crippen molar-refractivity contribution in [2.24, 2.45) is 5.73 Å². The van der Waals surface area contributed by atoms with Crippen molar-refractivity contribution in [1.29, 1.82) is 0 Å². The quantitative estimate of drug-likeness (QED) is 0.828. The van der Waals surface area contributed by atoms with Gasteiger partial charge in [-0.15, -0.1) is 0 Å². The fraction of sp³-hybridized carbons (Fsp3) is 0.538. The van der Waals surface area contributed by atoms with Crippen LogP contribution in [0.3, 0.4) is 0 Å². The Kier molecular flexibility index (Phi) is 4.77. The largest absolute Gasteiger partial charge is 0.491 e. The van der Waals surface area contributed by atoms with Crippen molar-refractivity contribution >= 4 is 0 Å². The summed E-state index contributed by atoms with van der Waals surface area (Å²) < 4.78 is 5.67. The van der Waals surface area contributed by atoms with Crippen LogP contribution < -0.4 is 10.5 Å². The summed E-state index contributed by atoms with van der Waals surface area (Å²) in [7, 11) is 4.07. The molecule has 0 saturated carbocycles. The van der Waals surface area contributed by atoms with Gasteiger partial charge in [-0.3, -0.25) is 0 Å². The maximum Gasteiger partial charge on any atom is 0.120 e. The van der Waals surface area contributed by atoms with Crippen LogP contribution in [-0.2, 0) is 0 Å². The monoisotopic (exact) mass is 222 g/mol.